The molecule has 1 aliphatic heterocycles. The van der Waals surface area contributed by atoms with Gasteiger partial charge < -0.3 is 15.0 Å². The highest BCUT2D eigenvalue weighted by atomic mass is 19.4. The predicted molar refractivity (Wildman–Crippen MR) is 85.0 cm³/mol. The maximum Gasteiger partial charge on any atom is 0.471 e. The summed E-state index contributed by atoms with van der Waals surface area (Å²) in [4.78, 5) is 24.9. The number of rotatable bonds is 2. The summed E-state index contributed by atoms with van der Waals surface area (Å²) in [5.41, 5.74) is 0.0353. The van der Waals surface area contributed by atoms with Crippen LogP contribution in [0.25, 0.3) is 0 Å². The van der Waals surface area contributed by atoms with Crippen molar-refractivity contribution in [1.29, 1.82) is 0 Å². The summed E-state index contributed by atoms with van der Waals surface area (Å²) in [5, 5.41) is 2.00. The highest BCUT2D eigenvalue weighted by molar-refractivity contribution is 5.82. The van der Waals surface area contributed by atoms with Crippen LogP contribution >= 0.6 is 0 Å². The Hall–Kier alpha value is -2.25. The van der Waals surface area contributed by atoms with Crippen molar-refractivity contribution in [2.45, 2.75) is 44.5 Å². The largest absolute Gasteiger partial charge is 0.471 e. The Kier molecular flexibility index (Phi) is 5.29. The molecule has 1 heterocycles. The van der Waals surface area contributed by atoms with E-state index < -0.39 is 35.7 Å². The van der Waals surface area contributed by atoms with E-state index in [0.29, 0.717) is 0 Å². The van der Waals surface area contributed by atoms with E-state index in [0.717, 1.165) is 5.56 Å². The summed E-state index contributed by atoms with van der Waals surface area (Å²) in [6, 6.07) is 7.98. The van der Waals surface area contributed by atoms with Crippen LogP contribution in [-0.4, -0.2) is 47.8 Å². The molecule has 5 nitrogen and oxygen atoms in total. The smallest absolute Gasteiger partial charge is 0.444 e. The fourth-order valence-electron chi connectivity index (χ4n) is 2.71. The Labute approximate surface area is 144 Å². The summed E-state index contributed by atoms with van der Waals surface area (Å²) < 4.78 is 43.1. The third-order valence-corrected chi connectivity index (χ3v) is 3.77. The van der Waals surface area contributed by atoms with E-state index in [4.69, 9.17) is 4.74 Å². The van der Waals surface area contributed by atoms with E-state index in [1.54, 1.807) is 51.1 Å². The second kappa shape index (κ2) is 6.93. The van der Waals surface area contributed by atoms with Gasteiger partial charge >= 0.3 is 18.2 Å². The first-order chi connectivity index (χ1) is 11.5. The Morgan fingerprint density at radius 1 is 1.12 bits per heavy atom. The molecule has 0 radical (unpaired) electrons. The van der Waals surface area contributed by atoms with Gasteiger partial charge in [-0.3, -0.25) is 4.79 Å². The van der Waals surface area contributed by atoms with Gasteiger partial charge in [0.25, 0.3) is 0 Å². The topological polar surface area (TPSA) is 58.6 Å². The Balaban J connectivity index is 2.19. The lowest BCUT2D eigenvalue weighted by Gasteiger charge is -2.24. The van der Waals surface area contributed by atoms with Crippen molar-refractivity contribution in [1.82, 2.24) is 10.2 Å². The SMILES string of the molecule is CC(C)(C)OC(=O)N1C[C@H](c2ccccc2)[C@H](NC(=O)C(F)(F)F)C1. The van der Waals surface area contributed by atoms with Crippen molar-refractivity contribution in [3.05, 3.63) is 35.9 Å². The fraction of sp³-hybridized carbons (Fsp3) is 0.529. The standard InChI is InChI=1S/C17H21F3N2O3/c1-16(2,3)25-15(24)22-9-12(11-7-5-4-6-8-11)13(10-22)21-14(23)17(18,19)20/h4-8,12-13H,9-10H2,1-3H3,(H,21,23)/t12-,13-/m1/s1. The molecule has 1 N–H and O–H groups in total. The summed E-state index contributed by atoms with van der Waals surface area (Å²) in [7, 11) is 0. The van der Waals surface area contributed by atoms with Crippen molar-refractivity contribution < 1.29 is 27.5 Å². The van der Waals surface area contributed by atoms with Gasteiger partial charge in [0.1, 0.15) is 5.60 Å². The highest BCUT2D eigenvalue weighted by Gasteiger charge is 2.44. The van der Waals surface area contributed by atoms with Gasteiger partial charge in [-0.2, -0.15) is 13.2 Å². The molecule has 1 saturated heterocycles. The molecule has 8 heteroatoms. The van der Waals surface area contributed by atoms with Gasteiger partial charge in [0, 0.05) is 19.0 Å². The molecular weight excluding hydrogens is 337 g/mol. The normalized spacial score (nSPS) is 21.1. The molecule has 2 amide bonds. The molecule has 1 fully saturated rings. The minimum Gasteiger partial charge on any atom is -0.444 e. The zero-order chi connectivity index (χ0) is 18.8. The minimum absolute atomic E-state index is 0.0453. The van der Waals surface area contributed by atoms with E-state index in [1.165, 1.54) is 4.90 Å². The van der Waals surface area contributed by atoms with Crippen molar-refractivity contribution >= 4 is 12.0 Å². The van der Waals surface area contributed by atoms with Crippen LogP contribution < -0.4 is 5.32 Å². The number of likely N-dealkylation sites (tertiary alicyclic amines) is 1. The first-order valence-electron chi connectivity index (χ1n) is 7.88. The first kappa shape index (κ1) is 19.1. The lowest BCUT2D eigenvalue weighted by molar-refractivity contribution is -0.174. The van der Waals surface area contributed by atoms with Gasteiger partial charge in [-0.1, -0.05) is 30.3 Å². The van der Waals surface area contributed by atoms with Gasteiger partial charge in [0.05, 0.1) is 6.04 Å². The number of halogens is 3. The van der Waals surface area contributed by atoms with Crippen LogP contribution in [-0.2, 0) is 9.53 Å². The lowest BCUT2D eigenvalue weighted by Crippen LogP contribution is -2.46. The molecule has 1 aliphatic rings. The molecule has 138 valence electrons. The van der Waals surface area contributed by atoms with Crippen LogP contribution in [0.1, 0.15) is 32.3 Å². The lowest BCUT2D eigenvalue weighted by atomic mass is 9.94. The number of alkyl halides is 3. The molecule has 0 spiro atoms. The number of carbonyl (C=O) groups excluding carboxylic acids is 2. The van der Waals surface area contributed by atoms with Crippen LogP contribution in [0, 0.1) is 0 Å². The Morgan fingerprint density at radius 3 is 2.24 bits per heavy atom. The molecule has 0 saturated carbocycles. The maximum absolute atomic E-state index is 12.6. The van der Waals surface area contributed by atoms with Crippen molar-refractivity contribution in [3.8, 4) is 0 Å². The van der Waals surface area contributed by atoms with Gasteiger partial charge in [-0.15, -0.1) is 0 Å². The van der Waals surface area contributed by atoms with Crippen molar-refractivity contribution in [3.63, 3.8) is 0 Å². The third kappa shape index (κ3) is 5.11. The van der Waals surface area contributed by atoms with Gasteiger partial charge in [-0.25, -0.2) is 4.79 Å². The van der Waals surface area contributed by atoms with E-state index in [9.17, 15) is 22.8 Å². The molecule has 0 bridgehead atoms. The maximum atomic E-state index is 12.6. The zero-order valence-electron chi connectivity index (χ0n) is 14.3. The molecule has 1 aromatic carbocycles. The third-order valence-electron chi connectivity index (χ3n) is 3.77. The molecule has 1 aromatic rings. The molecule has 0 aromatic heterocycles. The number of nitrogens with one attached hydrogen (secondary N) is 1. The van der Waals surface area contributed by atoms with Gasteiger partial charge in [-0.05, 0) is 26.3 Å². The summed E-state index contributed by atoms with van der Waals surface area (Å²) in [6.07, 6.45) is -5.59. The number of hydrogen-bond acceptors (Lipinski definition) is 3. The number of carbonyl (C=O) groups is 2. The van der Waals surface area contributed by atoms with Crippen LogP contribution in [0.5, 0.6) is 0 Å². The quantitative estimate of drug-likeness (QED) is 0.884. The number of benzene rings is 1. The highest BCUT2D eigenvalue weighted by Crippen LogP contribution is 2.29. The van der Waals surface area contributed by atoms with E-state index in [2.05, 4.69) is 0 Å². The van der Waals surface area contributed by atoms with E-state index >= 15 is 0 Å². The summed E-state index contributed by atoms with van der Waals surface area (Å²) in [5.74, 6) is -2.45. The average Bonchev–Trinajstić information content (AvgIpc) is 2.89. The number of ether oxygens (including phenoxy) is 1. The van der Waals surface area contributed by atoms with Crippen LogP contribution in [0.4, 0.5) is 18.0 Å². The molecule has 25 heavy (non-hydrogen) atoms. The molecule has 0 aliphatic carbocycles. The van der Waals surface area contributed by atoms with E-state index in [-0.39, 0.29) is 13.1 Å². The summed E-state index contributed by atoms with van der Waals surface area (Å²) >= 11 is 0. The first-order valence-corrected chi connectivity index (χ1v) is 7.88. The van der Waals surface area contributed by atoms with Crippen molar-refractivity contribution in [2.24, 2.45) is 0 Å². The van der Waals surface area contributed by atoms with Crippen LogP contribution in [0.2, 0.25) is 0 Å². The second-order valence-corrected chi connectivity index (χ2v) is 6.98. The Bertz CT molecular complexity index is 626. The van der Waals surface area contributed by atoms with Gasteiger partial charge in [0.15, 0.2) is 0 Å². The average molecular weight is 358 g/mol. The van der Waals surface area contributed by atoms with Gasteiger partial charge in [0.2, 0.25) is 0 Å². The number of hydrogen-bond donors (Lipinski definition) is 1. The Morgan fingerprint density at radius 2 is 1.72 bits per heavy atom. The van der Waals surface area contributed by atoms with Crippen LogP contribution in [0.3, 0.4) is 0 Å². The minimum atomic E-state index is -4.97. The molecular formula is C17H21F3N2O3. The number of amides is 2. The van der Waals surface area contributed by atoms with E-state index in [1.807, 2.05) is 5.32 Å². The van der Waals surface area contributed by atoms with Crippen LogP contribution in [0.15, 0.2) is 30.3 Å². The molecule has 2 atom stereocenters. The number of nitrogens with zero attached hydrogens (tertiary/aromatic N) is 1. The van der Waals surface area contributed by atoms with Crippen molar-refractivity contribution in [2.75, 3.05) is 13.1 Å². The predicted octanol–water partition coefficient (Wildman–Crippen LogP) is 3.07. The molecule has 0 unspecified atom stereocenters. The summed E-state index contributed by atoms with van der Waals surface area (Å²) in [6.45, 7) is 5.24. The zero-order valence-corrected chi connectivity index (χ0v) is 14.3. The second-order valence-electron chi connectivity index (χ2n) is 6.98. The monoisotopic (exact) mass is 358 g/mol. The molecule has 2 rings (SSSR count). The fourth-order valence-corrected chi connectivity index (χ4v) is 2.71.